The molecule has 0 spiro atoms. The van der Waals surface area contributed by atoms with Gasteiger partial charge in [-0.2, -0.15) is 0 Å². The van der Waals surface area contributed by atoms with Crippen LogP contribution in [0.15, 0.2) is 0 Å². The van der Waals surface area contributed by atoms with Gasteiger partial charge in [0.25, 0.3) is 0 Å². The van der Waals surface area contributed by atoms with Crippen LogP contribution in [-0.2, 0) is 4.79 Å². The van der Waals surface area contributed by atoms with Crippen LogP contribution in [0.3, 0.4) is 0 Å². The van der Waals surface area contributed by atoms with E-state index in [0.717, 1.165) is 25.7 Å². The number of aliphatic carboxylic acids is 1. The normalized spacial score (nSPS) is 15.1. The molecule has 0 radical (unpaired) electrons. The van der Waals surface area contributed by atoms with Gasteiger partial charge in [-0.3, -0.25) is 4.79 Å². The molecule has 14 heavy (non-hydrogen) atoms. The van der Waals surface area contributed by atoms with Crippen molar-refractivity contribution in [2.75, 3.05) is 5.88 Å². The second kappa shape index (κ2) is 8.37. The molecule has 1 N–H and O–H groups in total. The predicted octanol–water partition coefficient (Wildman–Crippen LogP) is 3.50. The van der Waals surface area contributed by atoms with Gasteiger partial charge < -0.3 is 5.11 Å². The molecule has 2 nitrogen and oxygen atoms in total. The summed E-state index contributed by atoms with van der Waals surface area (Å²) >= 11 is 11.5. The number of alkyl halides is 2. The Balaban J connectivity index is 3.55. The van der Waals surface area contributed by atoms with Gasteiger partial charge in [0.05, 0.1) is 5.92 Å². The van der Waals surface area contributed by atoms with Gasteiger partial charge in [0.15, 0.2) is 0 Å². The Kier molecular flexibility index (Phi) is 8.40. The molecule has 0 heterocycles. The topological polar surface area (TPSA) is 37.3 Å². The maximum absolute atomic E-state index is 10.7. The highest BCUT2D eigenvalue weighted by molar-refractivity contribution is 6.22. The molecule has 0 saturated heterocycles. The van der Waals surface area contributed by atoms with E-state index in [1.807, 2.05) is 6.92 Å². The standard InChI is InChI=1S/C10H18Cl2O2/c1-2-8(10(13)14)4-3-5-9(12)6-7-11/h8-9H,2-7H2,1H3,(H,13,14)/t8-,9-/m0/s1. The Morgan fingerprint density at radius 3 is 2.43 bits per heavy atom. The first-order chi connectivity index (χ1) is 6.61. The average molecular weight is 241 g/mol. The van der Waals surface area contributed by atoms with Crippen LogP contribution in [0, 0.1) is 5.92 Å². The molecule has 0 aliphatic carbocycles. The monoisotopic (exact) mass is 240 g/mol. The lowest BCUT2D eigenvalue weighted by Gasteiger charge is -2.11. The smallest absolute Gasteiger partial charge is 0.306 e. The summed E-state index contributed by atoms with van der Waals surface area (Å²) in [6, 6.07) is 0. The molecule has 84 valence electrons. The molecule has 2 atom stereocenters. The zero-order valence-corrected chi connectivity index (χ0v) is 10.0. The fraction of sp³-hybridized carbons (Fsp3) is 0.900. The van der Waals surface area contributed by atoms with Gasteiger partial charge in [-0.1, -0.05) is 13.3 Å². The molecule has 0 amide bonds. The fourth-order valence-electron chi connectivity index (χ4n) is 1.35. The van der Waals surface area contributed by atoms with Crippen molar-refractivity contribution in [2.45, 2.75) is 44.4 Å². The highest BCUT2D eigenvalue weighted by atomic mass is 35.5. The van der Waals surface area contributed by atoms with E-state index >= 15 is 0 Å². The van der Waals surface area contributed by atoms with Gasteiger partial charge in [-0.25, -0.2) is 0 Å². The molecule has 4 heteroatoms. The largest absolute Gasteiger partial charge is 0.481 e. The minimum atomic E-state index is -0.698. The van der Waals surface area contributed by atoms with Crippen LogP contribution in [0.4, 0.5) is 0 Å². The zero-order valence-electron chi connectivity index (χ0n) is 8.51. The number of carbonyl (C=O) groups is 1. The van der Waals surface area contributed by atoms with E-state index in [1.165, 1.54) is 0 Å². The van der Waals surface area contributed by atoms with Crippen LogP contribution < -0.4 is 0 Å². The maximum Gasteiger partial charge on any atom is 0.306 e. The van der Waals surface area contributed by atoms with Crippen LogP contribution in [0.2, 0.25) is 0 Å². The third-order valence-electron chi connectivity index (χ3n) is 2.33. The lowest BCUT2D eigenvalue weighted by Crippen LogP contribution is -2.13. The Hall–Kier alpha value is 0.0500. The molecule has 0 aromatic carbocycles. The van der Waals surface area contributed by atoms with E-state index in [1.54, 1.807) is 0 Å². The Labute approximate surface area is 95.6 Å². The first-order valence-electron chi connectivity index (χ1n) is 5.04. The molecule has 0 bridgehead atoms. The highest BCUT2D eigenvalue weighted by Crippen LogP contribution is 2.17. The maximum atomic E-state index is 10.7. The van der Waals surface area contributed by atoms with Crippen LogP contribution in [0.1, 0.15) is 39.0 Å². The Morgan fingerprint density at radius 2 is 2.00 bits per heavy atom. The summed E-state index contributed by atoms with van der Waals surface area (Å²) in [5, 5.41) is 8.88. The Morgan fingerprint density at radius 1 is 1.36 bits per heavy atom. The number of carboxylic acid groups (broad SMARTS) is 1. The van der Waals surface area contributed by atoms with Crippen LogP contribution in [0.5, 0.6) is 0 Å². The van der Waals surface area contributed by atoms with Crippen molar-refractivity contribution >= 4 is 29.2 Å². The number of hydrogen-bond acceptors (Lipinski definition) is 1. The highest BCUT2D eigenvalue weighted by Gasteiger charge is 2.14. The van der Waals surface area contributed by atoms with E-state index in [-0.39, 0.29) is 11.3 Å². The molecule has 0 aliphatic heterocycles. The molecule has 0 fully saturated rings. The molecule has 0 unspecified atom stereocenters. The molecular formula is C10H18Cl2O2. The van der Waals surface area contributed by atoms with Gasteiger partial charge in [0.2, 0.25) is 0 Å². The van der Waals surface area contributed by atoms with E-state index in [0.29, 0.717) is 12.3 Å². The van der Waals surface area contributed by atoms with Crippen LogP contribution in [-0.4, -0.2) is 22.3 Å². The molecular weight excluding hydrogens is 223 g/mol. The van der Waals surface area contributed by atoms with Crippen molar-refractivity contribution < 1.29 is 9.90 Å². The summed E-state index contributed by atoms with van der Waals surface area (Å²) in [5.41, 5.74) is 0. The van der Waals surface area contributed by atoms with Crippen molar-refractivity contribution in [2.24, 2.45) is 5.92 Å². The molecule has 0 saturated carbocycles. The number of rotatable bonds is 8. The third kappa shape index (κ3) is 6.50. The lowest BCUT2D eigenvalue weighted by molar-refractivity contribution is -0.142. The van der Waals surface area contributed by atoms with E-state index in [4.69, 9.17) is 28.3 Å². The van der Waals surface area contributed by atoms with Crippen molar-refractivity contribution in [1.82, 2.24) is 0 Å². The van der Waals surface area contributed by atoms with Crippen LogP contribution >= 0.6 is 23.2 Å². The van der Waals surface area contributed by atoms with Gasteiger partial charge in [-0.05, 0) is 25.7 Å². The number of hydrogen-bond donors (Lipinski definition) is 1. The second-order valence-corrected chi connectivity index (χ2v) is 4.44. The molecule has 0 aliphatic rings. The summed E-state index contributed by atoms with van der Waals surface area (Å²) in [7, 11) is 0. The van der Waals surface area contributed by atoms with E-state index < -0.39 is 5.97 Å². The van der Waals surface area contributed by atoms with Crippen molar-refractivity contribution in [1.29, 1.82) is 0 Å². The molecule has 0 rings (SSSR count). The first-order valence-corrected chi connectivity index (χ1v) is 6.01. The Bertz CT molecular complexity index is 162. The fourth-order valence-corrected chi connectivity index (χ4v) is 1.99. The van der Waals surface area contributed by atoms with Gasteiger partial charge >= 0.3 is 5.97 Å². The summed E-state index contributed by atoms with van der Waals surface area (Å²) in [6.07, 6.45) is 3.94. The van der Waals surface area contributed by atoms with Crippen LogP contribution in [0.25, 0.3) is 0 Å². The first kappa shape index (κ1) is 14.1. The minimum absolute atomic E-state index is 0.0961. The summed E-state index contributed by atoms with van der Waals surface area (Å²) in [5.74, 6) is -0.338. The van der Waals surface area contributed by atoms with Crippen molar-refractivity contribution in [3.8, 4) is 0 Å². The van der Waals surface area contributed by atoms with Crippen molar-refractivity contribution in [3.63, 3.8) is 0 Å². The van der Waals surface area contributed by atoms with E-state index in [2.05, 4.69) is 0 Å². The minimum Gasteiger partial charge on any atom is -0.481 e. The zero-order chi connectivity index (χ0) is 11.0. The quantitative estimate of drug-likeness (QED) is 0.660. The SMILES string of the molecule is CC[C@@H](CCC[C@H](Cl)CCCl)C(=O)O. The van der Waals surface area contributed by atoms with Gasteiger partial charge in [0.1, 0.15) is 0 Å². The lowest BCUT2D eigenvalue weighted by atomic mass is 9.98. The summed E-state index contributed by atoms with van der Waals surface area (Å²) < 4.78 is 0. The van der Waals surface area contributed by atoms with Crippen molar-refractivity contribution in [3.05, 3.63) is 0 Å². The third-order valence-corrected chi connectivity index (χ3v) is 2.99. The summed E-state index contributed by atoms with van der Waals surface area (Å²) in [6.45, 7) is 1.90. The number of halogens is 2. The number of carboxylic acids is 1. The van der Waals surface area contributed by atoms with E-state index in [9.17, 15) is 4.79 Å². The second-order valence-electron chi connectivity index (χ2n) is 3.45. The van der Waals surface area contributed by atoms with Gasteiger partial charge in [-0.15, -0.1) is 23.2 Å². The molecule has 0 aromatic rings. The average Bonchev–Trinajstić information content (AvgIpc) is 2.12. The van der Waals surface area contributed by atoms with Gasteiger partial charge in [0, 0.05) is 11.3 Å². The predicted molar refractivity (Wildman–Crippen MR) is 60.2 cm³/mol. The molecule has 0 aromatic heterocycles. The summed E-state index contributed by atoms with van der Waals surface area (Å²) in [4.78, 5) is 10.7.